The molecule has 0 bridgehead atoms. The Hall–Kier alpha value is -4.45. The lowest BCUT2D eigenvalue weighted by atomic mass is 10.1. The van der Waals surface area contributed by atoms with E-state index in [2.05, 4.69) is 5.32 Å². The van der Waals surface area contributed by atoms with Gasteiger partial charge in [0, 0.05) is 19.2 Å². The van der Waals surface area contributed by atoms with Gasteiger partial charge in [-0.05, 0) is 73.9 Å². The molecule has 12 heteroatoms. The molecule has 0 radical (unpaired) electrons. The molecule has 0 aromatic heterocycles. The van der Waals surface area contributed by atoms with Crippen LogP contribution in [0, 0.1) is 0 Å². The lowest BCUT2D eigenvalue weighted by molar-refractivity contribution is -0.140. The van der Waals surface area contributed by atoms with E-state index < -0.39 is 28.5 Å². The number of benzene rings is 3. The highest BCUT2D eigenvalue weighted by Gasteiger charge is 2.34. The summed E-state index contributed by atoms with van der Waals surface area (Å²) < 4.78 is 51.2. The minimum absolute atomic E-state index is 0.0588. The van der Waals surface area contributed by atoms with Crippen LogP contribution in [-0.2, 0) is 26.2 Å². The predicted octanol–water partition coefficient (Wildman–Crippen LogP) is 5.03. The number of rotatable bonds is 18. The number of unbranched alkanes of at least 4 members (excludes halogenated alkanes) is 1. The van der Waals surface area contributed by atoms with E-state index in [-0.39, 0.29) is 28.8 Å². The van der Waals surface area contributed by atoms with E-state index in [9.17, 15) is 18.0 Å². The van der Waals surface area contributed by atoms with Crippen molar-refractivity contribution in [2.24, 2.45) is 0 Å². The lowest BCUT2D eigenvalue weighted by Gasteiger charge is -2.33. The Labute approximate surface area is 272 Å². The number of sulfonamides is 1. The minimum Gasteiger partial charge on any atom is -0.497 e. The first kappa shape index (κ1) is 36.0. The van der Waals surface area contributed by atoms with Crippen LogP contribution in [0.25, 0.3) is 0 Å². The molecule has 3 rings (SSSR count). The third-order valence-electron chi connectivity index (χ3n) is 7.36. The molecule has 0 aliphatic heterocycles. The Kier molecular flexibility index (Phi) is 13.5. The number of anilines is 1. The molecule has 3 aromatic rings. The summed E-state index contributed by atoms with van der Waals surface area (Å²) in [6, 6.07) is 17.0. The Balaban J connectivity index is 2.10. The van der Waals surface area contributed by atoms with Crippen LogP contribution in [0.15, 0.2) is 71.6 Å². The van der Waals surface area contributed by atoms with Crippen molar-refractivity contribution >= 4 is 27.5 Å². The summed E-state index contributed by atoms with van der Waals surface area (Å²) in [6.45, 7) is 6.08. The van der Waals surface area contributed by atoms with E-state index >= 15 is 0 Å². The number of methoxy groups -OCH3 is 3. The van der Waals surface area contributed by atoms with Crippen LogP contribution < -0.4 is 28.6 Å². The van der Waals surface area contributed by atoms with Crippen LogP contribution in [0.4, 0.5) is 5.69 Å². The number of hydrogen-bond donors (Lipinski definition) is 1. The van der Waals surface area contributed by atoms with Gasteiger partial charge in [0.05, 0.1) is 38.5 Å². The highest BCUT2D eigenvalue weighted by molar-refractivity contribution is 7.92. The molecule has 0 heterocycles. The monoisotopic (exact) mass is 655 g/mol. The highest BCUT2D eigenvalue weighted by atomic mass is 32.2. The first-order chi connectivity index (χ1) is 22.1. The smallest absolute Gasteiger partial charge is 0.264 e. The van der Waals surface area contributed by atoms with E-state index in [0.717, 1.165) is 22.7 Å². The Morgan fingerprint density at radius 2 is 1.57 bits per heavy atom. The van der Waals surface area contributed by atoms with Crippen molar-refractivity contribution < 1.29 is 37.0 Å². The number of amides is 2. The summed E-state index contributed by atoms with van der Waals surface area (Å²) in [5.74, 6) is 0.860. The first-order valence-corrected chi connectivity index (χ1v) is 16.7. The van der Waals surface area contributed by atoms with Gasteiger partial charge in [0.15, 0.2) is 11.5 Å². The van der Waals surface area contributed by atoms with Crippen molar-refractivity contribution in [3.8, 4) is 23.0 Å². The molecule has 0 fully saturated rings. The molecule has 0 aliphatic rings. The molecule has 2 amide bonds. The van der Waals surface area contributed by atoms with Crippen LogP contribution in [0.5, 0.6) is 23.0 Å². The molecule has 3 aromatic carbocycles. The first-order valence-electron chi connectivity index (χ1n) is 15.3. The molecule has 0 unspecified atom stereocenters. The molecule has 0 aliphatic carbocycles. The zero-order chi connectivity index (χ0) is 33.7. The summed E-state index contributed by atoms with van der Waals surface area (Å²) in [4.78, 5) is 29.1. The molecular formula is C34H45N3O8S. The zero-order valence-corrected chi connectivity index (χ0v) is 28.3. The normalized spacial score (nSPS) is 11.7. The maximum atomic E-state index is 14.3. The van der Waals surface area contributed by atoms with Gasteiger partial charge in [-0.2, -0.15) is 0 Å². The fourth-order valence-electron chi connectivity index (χ4n) is 4.90. The van der Waals surface area contributed by atoms with Crippen molar-refractivity contribution in [2.75, 3.05) is 45.3 Å². The average molecular weight is 656 g/mol. The average Bonchev–Trinajstić information content (AvgIpc) is 3.07. The standard InChI is InChI=1S/C34H45N3O8S/c1-7-10-20-35-34(39)30(8-2)36(23-25-12-11-13-28(21-25)42-4)33(38)24-37(26-14-16-27(17-15-26)45-9-3)46(40,41)29-18-19-31(43-5)32(22-29)44-6/h11-19,21-22,30H,7-10,20,23-24H2,1-6H3,(H,35,39)/t30-/m0/s1. The fourth-order valence-corrected chi connectivity index (χ4v) is 6.33. The molecular weight excluding hydrogens is 610 g/mol. The van der Waals surface area contributed by atoms with Crippen molar-refractivity contribution in [1.82, 2.24) is 10.2 Å². The Morgan fingerprint density at radius 3 is 2.17 bits per heavy atom. The Morgan fingerprint density at radius 1 is 0.848 bits per heavy atom. The molecule has 1 N–H and O–H groups in total. The van der Waals surface area contributed by atoms with Gasteiger partial charge in [0.25, 0.3) is 10.0 Å². The molecule has 0 spiro atoms. The molecule has 1 atom stereocenters. The summed E-state index contributed by atoms with van der Waals surface area (Å²) in [5, 5.41) is 2.93. The van der Waals surface area contributed by atoms with Gasteiger partial charge in [0.2, 0.25) is 11.8 Å². The van der Waals surface area contributed by atoms with Gasteiger partial charge in [-0.1, -0.05) is 32.4 Å². The van der Waals surface area contributed by atoms with Gasteiger partial charge in [-0.15, -0.1) is 0 Å². The van der Waals surface area contributed by atoms with Crippen molar-refractivity contribution in [3.63, 3.8) is 0 Å². The summed E-state index contributed by atoms with van der Waals surface area (Å²) >= 11 is 0. The highest BCUT2D eigenvalue weighted by Crippen LogP contribution is 2.33. The third kappa shape index (κ3) is 9.06. The van der Waals surface area contributed by atoms with Gasteiger partial charge in [-0.3, -0.25) is 13.9 Å². The van der Waals surface area contributed by atoms with Gasteiger partial charge < -0.3 is 29.2 Å². The summed E-state index contributed by atoms with van der Waals surface area (Å²) in [7, 11) is 0.0835. The number of ether oxygens (including phenoxy) is 4. The second-order valence-corrected chi connectivity index (χ2v) is 12.3. The van der Waals surface area contributed by atoms with E-state index in [4.69, 9.17) is 18.9 Å². The number of nitrogens with one attached hydrogen (secondary N) is 1. The Bertz CT molecular complexity index is 1550. The molecule has 250 valence electrons. The molecule has 11 nitrogen and oxygen atoms in total. The summed E-state index contributed by atoms with van der Waals surface area (Å²) in [6.07, 6.45) is 2.01. The topological polar surface area (TPSA) is 124 Å². The number of carbonyl (C=O) groups excluding carboxylic acids is 2. The van der Waals surface area contributed by atoms with Gasteiger partial charge in [0.1, 0.15) is 24.1 Å². The van der Waals surface area contributed by atoms with Crippen LogP contribution in [0.2, 0.25) is 0 Å². The molecule has 46 heavy (non-hydrogen) atoms. The van der Waals surface area contributed by atoms with Crippen molar-refractivity contribution in [1.29, 1.82) is 0 Å². The van der Waals surface area contributed by atoms with Gasteiger partial charge >= 0.3 is 0 Å². The maximum Gasteiger partial charge on any atom is 0.264 e. The van der Waals surface area contributed by atoms with Gasteiger partial charge in [-0.25, -0.2) is 8.42 Å². The molecule has 0 saturated carbocycles. The van der Waals surface area contributed by atoms with Crippen molar-refractivity contribution in [2.45, 2.75) is 57.5 Å². The summed E-state index contributed by atoms with van der Waals surface area (Å²) in [5.41, 5.74) is 0.969. The van der Waals surface area contributed by atoms with Crippen molar-refractivity contribution in [3.05, 3.63) is 72.3 Å². The van der Waals surface area contributed by atoms with Crippen LogP contribution in [0.3, 0.4) is 0 Å². The van der Waals surface area contributed by atoms with Crippen LogP contribution in [-0.4, -0.2) is 72.2 Å². The predicted molar refractivity (Wildman–Crippen MR) is 177 cm³/mol. The largest absolute Gasteiger partial charge is 0.497 e. The quantitative estimate of drug-likeness (QED) is 0.189. The number of hydrogen-bond acceptors (Lipinski definition) is 8. The third-order valence-corrected chi connectivity index (χ3v) is 9.13. The minimum atomic E-state index is -4.33. The van der Waals surface area contributed by atoms with E-state index in [1.54, 1.807) is 49.6 Å². The zero-order valence-electron chi connectivity index (χ0n) is 27.4. The van der Waals surface area contributed by atoms with E-state index in [0.29, 0.717) is 36.8 Å². The second-order valence-electron chi connectivity index (χ2n) is 10.4. The van der Waals surface area contributed by atoms with E-state index in [1.807, 2.05) is 26.8 Å². The second kappa shape index (κ2) is 17.3. The molecule has 0 saturated heterocycles. The van der Waals surface area contributed by atoms with E-state index in [1.165, 1.54) is 37.3 Å². The maximum absolute atomic E-state index is 14.3. The number of nitrogens with zero attached hydrogens (tertiary/aromatic N) is 2. The lowest BCUT2D eigenvalue weighted by Crippen LogP contribution is -2.52. The van der Waals surface area contributed by atoms with Crippen LogP contribution >= 0.6 is 0 Å². The van der Waals surface area contributed by atoms with Crippen LogP contribution in [0.1, 0.15) is 45.6 Å². The SMILES string of the molecule is CCCCNC(=O)[C@H](CC)N(Cc1cccc(OC)c1)C(=O)CN(c1ccc(OCC)cc1)S(=O)(=O)c1ccc(OC)c(OC)c1. The number of carbonyl (C=O) groups is 2. The fraction of sp³-hybridized carbons (Fsp3) is 0.412.